The average molecular weight is 482 g/mol. The van der Waals surface area contributed by atoms with Crippen molar-refractivity contribution in [2.45, 2.75) is 57.4 Å². The Bertz CT molecular complexity index is 416. The van der Waals surface area contributed by atoms with Gasteiger partial charge in [-0.05, 0) is 44.1 Å². The Kier molecular flexibility index (Phi) is 11.9. The molecule has 1 unspecified atom stereocenters. The normalized spacial score (nSPS) is 21.8. The lowest BCUT2D eigenvalue weighted by atomic mass is 9.88. The van der Waals surface area contributed by atoms with Gasteiger partial charge in [-0.3, -0.25) is 9.79 Å². The monoisotopic (exact) mass is 482 g/mol. The molecule has 25 heavy (non-hydrogen) atoms. The van der Waals surface area contributed by atoms with Crippen molar-refractivity contribution in [1.82, 2.24) is 15.5 Å². The van der Waals surface area contributed by atoms with Crippen molar-refractivity contribution in [2.24, 2.45) is 10.9 Å². The summed E-state index contributed by atoms with van der Waals surface area (Å²) in [6.45, 7) is 2.66. The number of guanidine groups is 1. The Balaban J connectivity index is 0.00000312. The van der Waals surface area contributed by atoms with Crippen LogP contribution in [0.4, 0.5) is 0 Å². The molecule has 0 aromatic carbocycles. The molecule has 1 saturated heterocycles. The van der Waals surface area contributed by atoms with Crippen molar-refractivity contribution < 1.29 is 4.79 Å². The second-order valence-corrected chi connectivity index (χ2v) is 7.93. The number of nitrogens with one attached hydrogen (secondary N) is 2. The predicted octanol–water partition coefficient (Wildman–Crippen LogP) is 3.09. The zero-order valence-electron chi connectivity index (χ0n) is 15.8. The maximum atomic E-state index is 12.6. The molecule has 2 N–H and O–H groups in total. The third-order valence-electron chi connectivity index (χ3n) is 5.09. The highest BCUT2D eigenvalue weighted by Crippen LogP contribution is 2.26. The van der Waals surface area contributed by atoms with Gasteiger partial charge in [-0.15, -0.1) is 24.0 Å². The number of carbonyl (C=O) groups is 1. The molecule has 146 valence electrons. The van der Waals surface area contributed by atoms with Gasteiger partial charge in [0.15, 0.2) is 5.96 Å². The average Bonchev–Trinajstić information content (AvgIpc) is 3.09. The molecule has 0 radical (unpaired) electrons. The van der Waals surface area contributed by atoms with Gasteiger partial charge in [0.1, 0.15) is 0 Å². The minimum atomic E-state index is 0. The van der Waals surface area contributed by atoms with E-state index >= 15 is 0 Å². The van der Waals surface area contributed by atoms with E-state index in [1.807, 2.05) is 18.8 Å². The number of rotatable bonds is 7. The van der Waals surface area contributed by atoms with Crippen LogP contribution in [-0.4, -0.2) is 61.5 Å². The molecule has 2 aliphatic rings. The molecule has 7 heteroatoms. The number of halogens is 1. The van der Waals surface area contributed by atoms with Gasteiger partial charge < -0.3 is 15.5 Å². The van der Waals surface area contributed by atoms with E-state index in [0.717, 1.165) is 44.9 Å². The van der Waals surface area contributed by atoms with E-state index in [1.54, 1.807) is 0 Å². The van der Waals surface area contributed by atoms with Gasteiger partial charge in [0, 0.05) is 38.6 Å². The van der Waals surface area contributed by atoms with Gasteiger partial charge in [-0.2, -0.15) is 11.8 Å². The van der Waals surface area contributed by atoms with E-state index in [0.29, 0.717) is 11.9 Å². The third kappa shape index (κ3) is 7.93. The van der Waals surface area contributed by atoms with Gasteiger partial charge in [0.25, 0.3) is 0 Å². The summed E-state index contributed by atoms with van der Waals surface area (Å²) in [6.07, 6.45) is 11.5. The second-order valence-electron chi connectivity index (χ2n) is 6.95. The highest BCUT2D eigenvalue weighted by molar-refractivity contribution is 14.0. The van der Waals surface area contributed by atoms with Gasteiger partial charge in [-0.25, -0.2) is 0 Å². The van der Waals surface area contributed by atoms with Crippen molar-refractivity contribution in [1.29, 1.82) is 0 Å². The summed E-state index contributed by atoms with van der Waals surface area (Å²) in [6, 6.07) is 0.329. The van der Waals surface area contributed by atoms with Crippen molar-refractivity contribution in [3.8, 4) is 0 Å². The molecule has 2 rings (SSSR count). The van der Waals surface area contributed by atoms with Crippen LogP contribution in [0.15, 0.2) is 4.99 Å². The van der Waals surface area contributed by atoms with Crippen LogP contribution in [0.1, 0.15) is 51.4 Å². The van der Waals surface area contributed by atoms with Gasteiger partial charge in [-0.1, -0.05) is 19.3 Å². The summed E-state index contributed by atoms with van der Waals surface area (Å²) in [5, 5.41) is 6.87. The van der Waals surface area contributed by atoms with Crippen LogP contribution >= 0.6 is 35.7 Å². The Morgan fingerprint density at radius 2 is 1.96 bits per heavy atom. The summed E-state index contributed by atoms with van der Waals surface area (Å²) < 4.78 is 0. The maximum Gasteiger partial charge on any atom is 0.225 e. The number of unbranched alkanes of at least 4 members (excludes halogenated alkanes) is 1. The molecule has 1 aliphatic heterocycles. The zero-order valence-corrected chi connectivity index (χ0v) is 18.9. The molecule has 0 bridgehead atoms. The molecule has 0 spiro atoms. The first kappa shape index (κ1) is 22.9. The zero-order chi connectivity index (χ0) is 17.2. The summed E-state index contributed by atoms with van der Waals surface area (Å²) in [4.78, 5) is 19.0. The Labute approximate surface area is 174 Å². The van der Waals surface area contributed by atoms with Crippen LogP contribution < -0.4 is 10.6 Å². The minimum absolute atomic E-state index is 0. The number of thioether (sulfide) groups is 1. The molecule has 1 amide bonds. The number of likely N-dealkylation sites (tertiary alicyclic amines) is 1. The fourth-order valence-electron chi connectivity index (χ4n) is 3.65. The smallest absolute Gasteiger partial charge is 0.225 e. The van der Waals surface area contributed by atoms with Gasteiger partial charge in [0.2, 0.25) is 5.91 Å². The van der Waals surface area contributed by atoms with Crippen molar-refractivity contribution in [3.63, 3.8) is 0 Å². The summed E-state index contributed by atoms with van der Waals surface area (Å²) in [7, 11) is 1.82. The third-order valence-corrected chi connectivity index (χ3v) is 5.78. The SMILES string of the molecule is CN=C(NCCCCSC)NC1CCN(C(=O)C2CCCCC2)C1.I. The Hall–Kier alpha value is -0.180. The lowest BCUT2D eigenvalue weighted by Crippen LogP contribution is -2.45. The first-order valence-corrected chi connectivity index (χ1v) is 10.9. The van der Waals surface area contributed by atoms with Crippen molar-refractivity contribution in [3.05, 3.63) is 0 Å². The van der Waals surface area contributed by atoms with E-state index in [2.05, 4.69) is 26.8 Å². The van der Waals surface area contributed by atoms with E-state index in [9.17, 15) is 4.79 Å². The molecule has 5 nitrogen and oxygen atoms in total. The Morgan fingerprint density at radius 3 is 2.64 bits per heavy atom. The van der Waals surface area contributed by atoms with E-state index in [-0.39, 0.29) is 29.9 Å². The van der Waals surface area contributed by atoms with Crippen LogP contribution in [0.5, 0.6) is 0 Å². The van der Waals surface area contributed by atoms with Gasteiger partial charge >= 0.3 is 0 Å². The molecule has 1 saturated carbocycles. The van der Waals surface area contributed by atoms with Crippen LogP contribution in [0.25, 0.3) is 0 Å². The molecule has 1 atom stereocenters. The van der Waals surface area contributed by atoms with E-state index in [4.69, 9.17) is 0 Å². The first-order valence-electron chi connectivity index (χ1n) is 9.49. The topological polar surface area (TPSA) is 56.7 Å². The fraction of sp³-hybridized carbons (Fsp3) is 0.889. The largest absolute Gasteiger partial charge is 0.356 e. The molecule has 0 aromatic rings. The maximum absolute atomic E-state index is 12.6. The molecule has 1 heterocycles. The summed E-state index contributed by atoms with van der Waals surface area (Å²) in [5.74, 6) is 2.76. The molecule has 0 aromatic heterocycles. The lowest BCUT2D eigenvalue weighted by Gasteiger charge is -2.26. The fourth-order valence-corrected chi connectivity index (χ4v) is 4.14. The summed E-state index contributed by atoms with van der Waals surface area (Å²) >= 11 is 1.90. The lowest BCUT2D eigenvalue weighted by molar-refractivity contribution is -0.135. The summed E-state index contributed by atoms with van der Waals surface area (Å²) in [5.41, 5.74) is 0. The molecule has 1 aliphatic carbocycles. The Morgan fingerprint density at radius 1 is 1.20 bits per heavy atom. The van der Waals surface area contributed by atoms with Crippen molar-refractivity contribution >= 4 is 47.6 Å². The highest BCUT2D eigenvalue weighted by atomic mass is 127. The number of nitrogens with zero attached hydrogens (tertiary/aromatic N) is 2. The van der Waals surface area contributed by atoms with Crippen LogP contribution in [-0.2, 0) is 4.79 Å². The number of aliphatic imine (C=N–C) groups is 1. The van der Waals surface area contributed by atoms with E-state index in [1.165, 1.54) is 37.9 Å². The molecule has 2 fully saturated rings. The minimum Gasteiger partial charge on any atom is -0.356 e. The van der Waals surface area contributed by atoms with Gasteiger partial charge in [0.05, 0.1) is 0 Å². The standard InChI is InChI=1S/C18H34N4OS.HI/c1-19-18(20-11-6-7-13-24-2)21-16-10-12-22(14-16)17(23)15-8-4-3-5-9-15;/h15-16H,3-14H2,1-2H3,(H2,19,20,21);1H. The number of carbonyl (C=O) groups excluding carboxylic acids is 1. The predicted molar refractivity (Wildman–Crippen MR) is 119 cm³/mol. The van der Waals surface area contributed by atoms with Crippen LogP contribution in [0.3, 0.4) is 0 Å². The van der Waals surface area contributed by atoms with Crippen LogP contribution in [0.2, 0.25) is 0 Å². The van der Waals surface area contributed by atoms with Crippen molar-refractivity contribution in [2.75, 3.05) is 38.7 Å². The molecular formula is C18H35IN4OS. The quantitative estimate of drug-likeness (QED) is 0.254. The highest BCUT2D eigenvalue weighted by Gasteiger charge is 2.31. The first-order chi connectivity index (χ1) is 11.7. The number of amides is 1. The number of hydrogen-bond acceptors (Lipinski definition) is 3. The number of hydrogen-bond donors (Lipinski definition) is 2. The van der Waals surface area contributed by atoms with E-state index < -0.39 is 0 Å². The van der Waals surface area contributed by atoms with Crippen LogP contribution in [0, 0.1) is 5.92 Å². The molecular weight excluding hydrogens is 447 g/mol. The second kappa shape index (κ2) is 13.1.